The predicted octanol–water partition coefficient (Wildman–Crippen LogP) is 1.55. The highest BCUT2D eigenvalue weighted by atomic mass is 28.3. The molecule has 0 N–H and O–H groups in total. The van der Waals surface area contributed by atoms with Gasteiger partial charge in [0.05, 0.1) is 0 Å². The summed E-state index contributed by atoms with van der Waals surface area (Å²) in [7, 11) is 0.697. The van der Waals surface area contributed by atoms with Crippen molar-refractivity contribution in [1.29, 1.82) is 0 Å². The molecule has 0 heterocycles. The summed E-state index contributed by atoms with van der Waals surface area (Å²) in [4.78, 5) is 2.27. The van der Waals surface area contributed by atoms with Crippen molar-refractivity contribution in [3.63, 3.8) is 0 Å². The molecular formula is C10H25NO2Si. The fourth-order valence-electron chi connectivity index (χ4n) is 1.04. The Balaban J connectivity index is 3.71. The first-order chi connectivity index (χ1) is 6.74. The Morgan fingerprint density at radius 1 is 1.00 bits per heavy atom. The zero-order chi connectivity index (χ0) is 10.8. The maximum atomic E-state index is 5.74. The fourth-order valence-corrected chi connectivity index (χ4v) is 3.11. The maximum absolute atomic E-state index is 5.74. The lowest BCUT2D eigenvalue weighted by Gasteiger charge is -2.21. The van der Waals surface area contributed by atoms with Gasteiger partial charge in [0, 0.05) is 19.4 Å². The molecule has 14 heavy (non-hydrogen) atoms. The Morgan fingerprint density at radius 3 is 1.86 bits per heavy atom. The van der Waals surface area contributed by atoms with Crippen LogP contribution in [0.5, 0.6) is 0 Å². The third kappa shape index (κ3) is 7.50. The van der Waals surface area contributed by atoms with Crippen LogP contribution in [-0.2, 0) is 8.85 Å². The smallest absolute Gasteiger partial charge is 0.335 e. The molecule has 0 atom stereocenters. The molecular weight excluding hydrogens is 194 g/mol. The molecule has 0 bridgehead atoms. The predicted molar refractivity (Wildman–Crippen MR) is 62.8 cm³/mol. The molecule has 0 rings (SSSR count). The van der Waals surface area contributed by atoms with Crippen LogP contribution in [0.4, 0.5) is 0 Å². The van der Waals surface area contributed by atoms with E-state index in [9.17, 15) is 0 Å². The minimum Gasteiger partial charge on any atom is -0.396 e. The molecule has 0 aromatic heterocycles. The molecule has 0 saturated carbocycles. The Bertz CT molecular complexity index is 117. The lowest BCUT2D eigenvalue weighted by atomic mass is 10.5. The van der Waals surface area contributed by atoms with Crippen molar-refractivity contribution in [2.75, 3.05) is 33.0 Å². The van der Waals surface area contributed by atoms with Crippen molar-refractivity contribution in [1.82, 2.24) is 4.90 Å². The molecule has 0 spiro atoms. The Morgan fingerprint density at radius 2 is 1.50 bits per heavy atom. The summed E-state index contributed by atoms with van der Waals surface area (Å²) < 4.78 is 11.5. The van der Waals surface area contributed by atoms with Gasteiger partial charge in [0.1, 0.15) is 0 Å². The van der Waals surface area contributed by atoms with E-state index in [1.165, 1.54) is 0 Å². The van der Waals surface area contributed by atoms with Gasteiger partial charge >= 0.3 is 9.28 Å². The molecule has 86 valence electrons. The van der Waals surface area contributed by atoms with Crippen LogP contribution in [0.3, 0.4) is 0 Å². The third-order valence-corrected chi connectivity index (χ3v) is 4.15. The normalized spacial score (nSPS) is 11.6. The van der Waals surface area contributed by atoms with Gasteiger partial charge in [0.15, 0.2) is 0 Å². The van der Waals surface area contributed by atoms with Crippen molar-refractivity contribution < 1.29 is 8.85 Å². The zero-order valence-electron chi connectivity index (χ0n) is 10.1. The van der Waals surface area contributed by atoms with Crippen molar-refractivity contribution in [3.05, 3.63) is 0 Å². The van der Waals surface area contributed by atoms with E-state index < -0.39 is 9.28 Å². The van der Waals surface area contributed by atoms with E-state index in [1.807, 2.05) is 0 Å². The third-order valence-electron chi connectivity index (χ3n) is 2.02. The summed E-state index contributed by atoms with van der Waals surface area (Å²) in [5.74, 6) is 0. The van der Waals surface area contributed by atoms with E-state index in [-0.39, 0.29) is 0 Å². The zero-order valence-corrected chi connectivity index (χ0v) is 11.2. The summed E-state index contributed by atoms with van der Waals surface area (Å²) in [6.07, 6.45) is 3.15. The Hall–Kier alpha value is 0.0969. The van der Waals surface area contributed by atoms with E-state index in [0.717, 1.165) is 38.8 Å². The van der Waals surface area contributed by atoms with Crippen LogP contribution < -0.4 is 0 Å². The van der Waals surface area contributed by atoms with Crippen LogP contribution in [0.15, 0.2) is 0 Å². The fraction of sp³-hybridized carbons (Fsp3) is 1.00. The maximum Gasteiger partial charge on any atom is 0.335 e. The second kappa shape index (κ2) is 9.64. The minimum atomic E-state index is -1.42. The van der Waals surface area contributed by atoms with Crippen LogP contribution >= 0.6 is 0 Å². The van der Waals surface area contributed by atoms with Crippen LogP contribution in [-0.4, -0.2) is 47.2 Å². The van der Waals surface area contributed by atoms with Gasteiger partial charge in [-0.05, 0) is 26.4 Å². The lowest BCUT2D eigenvalue weighted by Crippen LogP contribution is -2.37. The van der Waals surface area contributed by atoms with Gasteiger partial charge in [0.2, 0.25) is 0 Å². The monoisotopic (exact) mass is 219 g/mol. The number of hydrogen-bond acceptors (Lipinski definition) is 3. The SMILES string of the molecule is CCCO[SiH](CN(C)CC)OCCC. The highest BCUT2D eigenvalue weighted by molar-refractivity contribution is 6.44. The molecule has 0 fully saturated rings. The van der Waals surface area contributed by atoms with E-state index in [0.29, 0.717) is 0 Å². The highest BCUT2D eigenvalue weighted by Gasteiger charge is 2.14. The Kier molecular flexibility index (Phi) is 9.71. The molecule has 0 radical (unpaired) electrons. The van der Waals surface area contributed by atoms with E-state index >= 15 is 0 Å². The van der Waals surface area contributed by atoms with E-state index in [1.54, 1.807) is 0 Å². The molecule has 0 aromatic rings. The standard InChI is InChI=1S/C10H25NO2Si/c1-5-8-12-14(13-9-6-2)10-11(4)7-3/h14H,5-10H2,1-4H3. The molecule has 0 amide bonds. The molecule has 0 aliphatic rings. The summed E-state index contributed by atoms with van der Waals surface area (Å²) >= 11 is 0. The van der Waals surface area contributed by atoms with Crippen molar-refractivity contribution >= 4 is 9.28 Å². The van der Waals surface area contributed by atoms with Crippen LogP contribution in [0, 0.1) is 0 Å². The molecule has 0 unspecified atom stereocenters. The van der Waals surface area contributed by atoms with Gasteiger partial charge in [-0.3, -0.25) is 0 Å². The van der Waals surface area contributed by atoms with Crippen molar-refractivity contribution in [3.8, 4) is 0 Å². The van der Waals surface area contributed by atoms with Gasteiger partial charge < -0.3 is 13.8 Å². The van der Waals surface area contributed by atoms with Gasteiger partial charge in [-0.25, -0.2) is 0 Å². The molecule has 0 aliphatic carbocycles. The van der Waals surface area contributed by atoms with Gasteiger partial charge in [-0.1, -0.05) is 20.8 Å². The van der Waals surface area contributed by atoms with Crippen LogP contribution in [0.1, 0.15) is 33.6 Å². The van der Waals surface area contributed by atoms with Gasteiger partial charge in [0.25, 0.3) is 0 Å². The largest absolute Gasteiger partial charge is 0.396 e. The topological polar surface area (TPSA) is 21.7 Å². The summed E-state index contributed by atoms with van der Waals surface area (Å²) in [6.45, 7) is 9.18. The van der Waals surface area contributed by atoms with E-state index in [2.05, 4.69) is 32.7 Å². The molecule has 4 heteroatoms. The van der Waals surface area contributed by atoms with E-state index in [4.69, 9.17) is 8.85 Å². The molecule has 3 nitrogen and oxygen atoms in total. The summed E-state index contributed by atoms with van der Waals surface area (Å²) in [6, 6.07) is 0. The number of hydrogen-bond donors (Lipinski definition) is 0. The molecule has 0 saturated heterocycles. The first-order valence-corrected chi connectivity index (χ1v) is 7.42. The van der Waals surface area contributed by atoms with Crippen LogP contribution in [0.25, 0.3) is 0 Å². The second-order valence-electron chi connectivity index (χ2n) is 3.53. The second-order valence-corrected chi connectivity index (χ2v) is 5.42. The average Bonchev–Trinajstić information content (AvgIpc) is 2.21. The number of rotatable bonds is 9. The van der Waals surface area contributed by atoms with Crippen molar-refractivity contribution in [2.24, 2.45) is 0 Å². The quantitative estimate of drug-likeness (QED) is 0.549. The highest BCUT2D eigenvalue weighted by Crippen LogP contribution is 1.96. The van der Waals surface area contributed by atoms with Gasteiger partial charge in [-0.2, -0.15) is 0 Å². The average molecular weight is 219 g/mol. The minimum absolute atomic E-state index is 0.845. The molecule has 0 aromatic carbocycles. The van der Waals surface area contributed by atoms with Crippen molar-refractivity contribution in [2.45, 2.75) is 33.6 Å². The summed E-state index contributed by atoms with van der Waals surface area (Å²) in [5, 5.41) is 0. The number of nitrogens with zero attached hydrogens (tertiary/aromatic N) is 1. The molecule has 0 aliphatic heterocycles. The van der Waals surface area contributed by atoms with Gasteiger partial charge in [-0.15, -0.1) is 0 Å². The summed E-state index contributed by atoms with van der Waals surface area (Å²) in [5.41, 5.74) is 0. The Labute approximate surface area is 90.2 Å². The lowest BCUT2D eigenvalue weighted by molar-refractivity contribution is 0.182. The first kappa shape index (κ1) is 14.1. The van der Waals surface area contributed by atoms with Crippen LogP contribution in [0.2, 0.25) is 0 Å². The first-order valence-electron chi connectivity index (χ1n) is 5.66.